The van der Waals surface area contributed by atoms with Gasteiger partial charge in [-0.15, -0.1) is 0 Å². The molecular weight excluding hydrogens is 423 g/mol. The molecule has 2 nitrogen and oxygen atoms in total. The van der Waals surface area contributed by atoms with Crippen LogP contribution >= 0.6 is 0 Å². The van der Waals surface area contributed by atoms with Crippen molar-refractivity contribution in [3.8, 4) is 11.1 Å². The molecule has 0 heterocycles. The maximum Gasteiger partial charge on any atom is 0.134 e. The second-order valence-corrected chi connectivity index (χ2v) is 10.5. The predicted octanol–water partition coefficient (Wildman–Crippen LogP) is 7.74. The zero-order valence-corrected chi connectivity index (χ0v) is 21.2. The van der Waals surface area contributed by atoms with Gasteiger partial charge in [0.1, 0.15) is 5.82 Å². The lowest BCUT2D eigenvalue weighted by molar-refractivity contribution is 0.142. The van der Waals surface area contributed by atoms with Crippen LogP contribution < -0.4 is 0 Å². The monoisotopic (exact) mass is 468 g/mol. The van der Waals surface area contributed by atoms with E-state index in [2.05, 4.69) is 19.1 Å². The van der Waals surface area contributed by atoms with Gasteiger partial charge in [0.25, 0.3) is 0 Å². The summed E-state index contributed by atoms with van der Waals surface area (Å²) in [5, 5.41) is 18.4. The van der Waals surface area contributed by atoms with Crippen LogP contribution in [0.4, 0.5) is 4.39 Å². The summed E-state index contributed by atoms with van der Waals surface area (Å²) in [5.74, 6) is 1.59. The number of hydrogen-bond acceptors (Lipinski definition) is 2. The van der Waals surface area contributed by atoms with Gasteiger partial charge in [-0.1, -0.05) is 101 Å². The van der Waals surface area contributed by atoms with Crippen molar-refractivity contribution < 1.29 is 14.6 Å². The van der Waals surface area contributed by atoms with Crippen molar-refractivity contribution in [1.82, 2.24) is 0 Å². The maximum absolute atomic E-state index is 15.4. The van der Waals surface area contributed by atoms with Crippen molar-refractivity contribution in [2.75, 3.05) is 13.2 Å². The van der Waals surface area contributed by atoms with E-state index in [1.807, 2.05) is 30.3 Å². The van der Waals surface area contributed by atoms with Crippen molar-refractivity contribution in [2.45, 2.75) is 90.4 Å². The summed E-state index contributed by atoms with van der Waals surface area (Å²) in [6.45, 7) is 2.34. The van der Waals surface area contributed by atoms with Gasteiger partial charge in [-0.25, -0.2) is 4.39 Å². The van der Waals surface area contributed by atoms with Crippen molar-refractivity contribution in [2.24, 2.45) is 17.8 Å². The summed E-state index contributed by atoms with van der Waals surface area (Å²) in [5.41, 5.74) is 3.69. The average molecular weight is 469 g/mol. The molecule has 1 aliphatic carbocycles. The van der Waals surface area contributed by atoms with Crippen molar-refractivity contribution in [3.63, 3.8) is 0 Å². The molecule has 3 rings (SSSR count). The van der Waals surface area contributed by atoms with Gasteiger partial charge < -0.3 is 10.2 Å². The molecule has 0 saturated heterocycles. The Morgan fingerprint density at radius 2 is 1.50 bits per heavy atom. The molecule has 2 aromatic carbocycles. The molecule has 188 valence electrons. The number of aliphatic hydroxyl groups is 2. The highest BCUT2D eigenvalue weighted by Crippen LogP contribution is 2.35. The van der Waals surface area contributed by atoms with Crippen LogP contribution in [0.5, 0.6) is 0 Å². The Balaban J connectivity index is 1.50. The van der Waals surface area contributed by atoms with E-state index in [4.69, 9.17) is 0 Å². The molecule has 34 heavy (non-hydrogen) atoms. The Kier molecular flexibility index (Phi) is 11.6. The first kappa shape index (κ1) is 26.9. The molecule has 2 aromatic rings. The molecule has 0 bridgehead atoms. The lowest BCUT2D eigenvalue weighted by Crippen LogP contribution is -2.15. The van der Waals surface area contributed by atoms with Gasteiger partial charge in [0.15, 0.2) is 0 Å². The van der Waals surface area contributed by atoms with Crippen molar-refractivity contribution in [3.05, 3.63) is 59.4 Å². The van der Waals surface area contributed by atoms with Gasteiger partial charge in [0.05, 0.1) is 0 Å². The van der Waals surface area contributed by atoms with Crippen LogP contribution in [-0.2, 0) is 12.8 Å². The van der Waals surface area contributed by atoms with E-state index in [9.17, 15) is 10.2 Å². The normalized spacial score (nSPS) is 18.5. The fourth-order valence-corrected chi connectivity index (χ4v) is 5.53. The number of halogens is 1. The van der Waals surface area contributed by atoms with E-state index in [-0.39, 0.29) is 24.9 Å². The third-order valence-electron chi connectivity index (χ3n) is 7.94. The largest absolute Gasteiger partial charge is 0.396 e. The molecule has 1 aliphatic rings. The van der Waals surface area contributed by atoms with E-state index >= 15 is 4.39 Å². The number of aliphatic hydroxyl groups excluding tert-OH is 2. The molecule has 0 atom stereocenters. The summed E-state index contributed by atoms with van der Waals surface area (Å²) in [4.78, 5) is 0. The van der Waals surface area contributed by atoms with E-state index in [0.29, 0.717) is 5.56 Å². The predicted molar refractivity (Wildman–Crippen MR) is 140 cm³/mol. The highest BCUT2D eigenvalue weighted by atomic mass is 19.1. The first-order valence-electron chi connectivity index (χ1n) is 13.7. The number of unbranched alkanes of at least 4 members (excludes halogenated alkanes) is 2. The number of benzene rings is 2. The molecule has 0 aliphatic heterocycles. The van der Waals surface area contributed by atoms with E-state index in [0.717, 1.165) is 55.1 Å². The van der Waals surface area contributed by atoms with Gasteiger partial charge in [0.2, 0.25) is 0 Å². The summed E-state index contributed by atoms with van der Waals surface area (Å²) in [7, 11) is 0. The van der Waals surface area contributed by atoms with Crippen LogP contribution in [0.25, 0.3) is 11.1 Å². The standard InChI is InChI=1S/C31H45FO2/c1-2-3-4-7-24-12-14-26(15-13-24)18-21-29-10-6-11-30(31(29)32)28-19-16-25(17-20-28)8-5-9-27(22-33)23-34/h6,10-11,16-17,19-20,24,26-27,33-34H,2-5,7-9,12-15,18,21-23H2,1H3. The fraction of sp³-hybridized carbons (Fsp3) is 0.613. The van der Waals surface area contributed by atoms with Crippen LogP contribution in [0, 0.1) is 23.6 Å². The van der Waals surface area contributed by atoms with Gasteiger partial charge in [-0.05, 0) is 60.6 Å². The van der Waals surface area contributed by atoms with Crippen molar-refractivity contribution >= 4 is 0 Å². The van der Waals surface area contributed by atoms with Crippen LogP contribution in [0.1, 0.15) is 88.7 Å². The fourth-order valence-electron chi connectivity index (χ4n) is 5.53. The second kappa shape index (κ2) is 14.6. The highest BCUT2D eigenvalue weighted by Gasteiger charge is 2.21. The van der Waals surface area contributed by atoms with Gasteiger partial charge in [0, 0.05) is 24.7 Å². The first-order valence-corrected chi connectivity index (χ1v) is 13.7. The van der Waals surface area contributed by atoms with Crippen LogP contribution in [0.2, 0.25) is 0 Å². The molecular formula is C31H45FO2. The summed E-state index contributed by atoms with van der Waals surface area (Å²) in [6.07, 6.45) is 15.4. The molecule has 2 N–H and O–H groups in total. The van der Waals surface area contributed by atoms with Gasteiger partial charge >= 0.3 is 0 Å². The zero-order chi connectivity index (χ0) is 24.2. The smallest absolute Gasteiger partial charge is 0.134 e. The summed E-state index contributed by atoms with van der Waals surface area (Å²) < 4.78 is 15.4. The second-order valence-electron chi connectivity index (χ2n) is 10.5. The Labute approximate surface area is 206 Å². The Morgan fingerprint density at radius 1 is 0.824 bits per heavy atom. The van der Waals surface area contributed by atoms with Gasteiger partial charge in [-0.3, -0.25) is 0 Å². The lowest BCUT2D eigenvalue weighted by Gasteiger charge is -2.28. The molecule has 1 saturated carbocycles. The Morgan fingerprint density at radius 3 is 2.15 bits per heavy atom. The van der Waals surface area contributed by atoms with E-state index in [1.54, 1.807) is 0 Å². The van der Waals surface area contributed by atoms with Crippen molar-refractivity contribution in [1.29, 1.82) is 0 Å². The van der Waals surface area contributed by atoms with Crippen LogP contribution in [-0.4, -0.2) is 23.4 Å². The minimum absolute atomic E-state index is 0.0306. The minimum atomic E-state index is -0.0581. The molecule has 0 unspecified atom stereocenters. The lowest BCUT2D eigenvalue weighted by atomic mass is 9.77. The topological polar surface area (TPSA) is 40.5 Å². The quantitative estimate of drug-likeness (QED) is 0.278. The third kappa shape index (κ3) is 8.20. The average Bonchev–Trinajstić information content (AvgIpc) is 2.87. The SMILES string of the molecule is CCCCCC1CCC(CCc2cccc(-c3ccc(CCCC(CO)CO)cc3)c2F)CC1. The molecule has 0 aromatic heterocycles. The van der Waals surface area contributed by atoms with Gasteiger partial charge in [-0.2, -0.15) is 0 Å². The summed E-state index contributed by atoms with van der Waals surface area (Å²) >= 11 is 0. The molecule has 0 radical (unpaired) electrons. The van der Waals surface area contributed by atoms with Crippen LogP contribution in [0.15, 0.2) is 42.5 Å². The Bertz CT molecular complexity index is 820. The molecule has 1 fully saturated rings. The molecule has 0 spiro atoms. The Hall–Kier alpha value is -1.71. The number of rotatable bonds is 14. The van der Waals surface area contributed by atoms with Crippen LogP contribution in [0.3, 0.4) is 0 Å². The minimum Gasteiger partial charge on any atom is -0.396 e. The summed E-state index contributed by atoms with van der Waals surface area (Å²) in [6, 6.07) is 14.0. The number of hydrogen-bond donors (Lipinski definition) is 2. The number of aryl methyl sites for hydroxylation is 2. The highest BCUT2D eigenvalue weighted by molar-refractivity contribution is 5.65. The first-order chi connectivity index (χ1) is 16.6. The van der Waals surface area contributed by atoms with E-state index < -0.39 is 0 Å². The third-order valence-corrected chi connectivity index (χ3v) is 7.94. The molecule has 0 amide bonds. The zero-order valence-electron chi connectivity index (χ0n) is 21.2. The maximum atomic E-state index is 15.4. The molecule has 3 heteroatoms. The van der Waals surface area contributed by atoms with E-state index in [1.165, 1.54) is 56.9 Å².